The van der Waals surface area contributed by atoms with Crippen LogP contribution >= 0.6 is 11.3 Å². The van der Waals surface area contributed by atoms with Gasteiger partial charge < -0.3 is 5.32 Å². The quantitative estimate of drug-likeness (QED) is 0.658. The van der Waals surface area contributed by atoms with Gasteiger partial charge in [-0.2, -0.15) is 0 Å². The smallest absolute Gasteiger partial charge is 0.261 e. The lowest BCUT2D eigenvalue weighted by Crippen LogP contribution is -2.32. The topological polar surface area (TPSA) is 63.2 Å². The van der Waals surface area contributed by atoms with Crippen LogP contribution in [-0.2, 0) is 9.59 Å². The molecule has 1 aromatic heterocycles. The number of hydrogen-bond donors (Lipinski definition) is 1. The lowest BCUT2D eigenvalue weighted by molar-refractivity contribution is -0.133. The van der Waals surface area contributed by atoms with E-state index in [1.54, 1.807) is 23.6 Å². The lowest BCUT2D eigenvalue weighted by Gasteiger charge is -2.00. The minimum Gasteiger partial charge on any atom is -0.344 e. The fourth-order valence-electron chi connectivity index (χ4n) is 1.57. The Morgan fingerprint density at radius 1 is 1.05 bits per heavy atom. The normalized spacial score (nSPS) is 10.5. The van der Waals surface area contributed by atoms with Crippen LogP contribution in [0.25, 0.3) is 6.08 Å². The summed E-state index contributed by atoms with van der Waals surface area (Å²) in [6, 6.07) is 12.6. The summed E-state index contributed by atoms with van der Waals surface area (Å²) in [7, 11) is 0. The molecule has 1 amide bonds. The van der Waals surface area contributed by atoms with Crippen molar-refractivity contribution in [1.82, 2.24) is 5.32 Å². The first kappa shape index (κ1) is 14.9. The first-order valence-corrected chi connectivity index (χ1v) is 7.17. The van der Waals surface area contributed by atoms with Crippen LogP contribution in [0.15, 0.2) is 53.9 Å². The molecule has 0 spiro atoms. The molecule has 0 unspecified atom stereocenters. The standard InChI is InChI=1S/C16H13NO3S/c18-13(9-8-12-5-2-1-3-6-12)14(19)11-17-16(20)15-7-4-10-21-15/h1-10H,11H2,(H,17,20)/b9-8+. The minimum atomic E-state index is -0.646. The number of nitrogens with one attached hydrogen (secondary N) is 1. The number of Topliss-reactive ketones (excluding diaryl/α,β-unsaturated/α-hetero) is 1. The molecule has 0 saturated heterocycles. The highest BCUT2D eigenvalue weighted by Crippen LogP contribution is 2.07. The summed E-state index contributed by atoms with van der Waals surface area (Å²) >= 11 is 1.28. The van der Waals surface area contributed by atoms with Crippen LogP contribution < -0.4 is 5.32 Å². The van der Waals surface area contributed by atoms with E-state index in [2.05, 4.69) is 5.32 Å². The summed E-state index contributed by atoms with van der Waals surface area (Å²) < 4.78 is 0. The van der Waals surface area contributed by atoms with Crippen molar-refractivity contribution in [3.05, 3.63) is 64.4 Å². The molecule has 106 valence electrons. The molecule has 0 fully saturated rings. The fraction of sp³-hybridized carbons (Fsp3) is 0.0625. The molecule has 0 aliphatic heterocycles. The Morgan fingerprint density at radius 2 is 1.81 bits per heavy atom. The minimum absolute atomic E-state index is 0.297. The molecule has 0 atom stereocenters. The maximum atomic E-state index is 11.6. The number of carbonyl (C=O) groups excluding carboxylic acids is 3. The summed E-state index contributed by atoms with van der Waals surface area (Å²) in [5.74, 6) is -1.63. The Kier molecular flexibility index (Phi) is 5.17. The molecule has 0 saturated carbocycles. The molecular formula is C16H13NO3S. The zero-order valence-electron chi connectivity index (χ0n) is 11.1. The van der Waals surface area contributed by atoms with Gasteiger partial charge in [0.15, 0.2) is 0 Å². The van der Waals surface area contributed by atoms with Gasteiger partial charge >= 0.3 is 0 Å². The zero-order chi connectivity index (χ0) is 15.1. The van der Waals surface area contributed by atoms with Crippen LogP contribution in [0.1, 0.15) is 15.2 Å². The van der Waals surface area contributed by atoms with Crippen molar-refractivity contribution >= 4 is 34.9 Å². The van der Waals surface area contributed by atoms with Gasteiger partial charge in [-0.15, -0.1) is 11.3 Å². The number of hydrogen-bond acceptors (Lipinski definition) is 4. The molecule has 0 aliphatic carbocycles. The van der Waals surface area contributed by atoms with Gasteiger partial charge in [0.1, 0.15) is 0 Å². The summed E-state index contributed by atoms with van der Waals surface area (Å²) in [6.07, 6.45) is 2.79. The molecule has 0 radical (unpaired) electrons. The molecule has 1 N–H and O–H groups in total. The number of thiophene rings is 1. The van der Waals surface area contributed by atoms with Gasteiger partial charge in [0.2, 0.25) is 11.6 Å². The van der Waals surface area contributed by atoms with Gasteiger partial charge in [0, 0.05) is 0 Å². The first-order valence-electron chi connectivity index (χ1n) is 6.29. The molecule has 2 rings (SSSR count). The number of amides is 1. The second-order valence-electron chi connectivity index (χ2n) is 4.19. The number of benzene rings is 1. The van der Waals surface area contributed by atoms with Gasteiger partial charge in [0.25, 0.3) is 5.91 Å². The van der Waals surface area contributed by atoms with Crippen LogP contribution in [0.3, 0.4) is 0 Å². The van der Waals surface area contributed by atoms with E-state index < -0.39 is 11.6 Å². The SMILES string of the molecule is O=C(/C=C/c1ccccc1)C(=O)CNC(=O)c1cccs1. The van der Waals surface area contributed by atoms with Crippen LogP contribution in [-0.4, -0.2) is 24.0 Å². The summed E-state index contributed by atoms with van der Waals surface area (Å²) in [6.45, 7) is -0.297. The van der Waals surface area contributed by atoms with E-state index in [1.165, 1.54) is 17.4 Å². The first-order chi connectivity index (χ1) is 10.2. The maximum Gasteiger partial charge on any atom is 0.261 e. The average molecular weight is 299 g/mol. The van der Waals surface area contributed by atoms with E-state index >= 15 is 0 Å². The van der Waals surface area contributed by atoms with Crippen molar-refractivity contribution < 1.29 is 14.4 Å². The molecule has 0 bridgehead atoms. The van der Waals surface area contributed by atoms with Crippen molar-refractivity contribution in [2.75, 3.05) is 6.54 Å². The number of allylic oxidation sites excluding steroid dienone is 1. The number of rotatable bonds is 6. The van der Waals surface area contributed by atoms with Crippen LogP contribution in [0.4, 0.5) is 0 Å². The van der Waals surface area contributed by atoms with E-state index in [4.69, 9.17) is 0 Å². The Hall–Kier alpha value is -2.53. The predicted molar refractivity (Wildman–Crippen MR) is 82.1 cm³/mol. The van der Waals surface area contributed by atoms with E-state index in [1.807, 2.05) is 30.3 Å². The van der Waals surface area contributed by atoms with E-state index in [-0.39, 0.29) is 12.5 Å². The molecule has 1 heterocycles. The molecule has 1 aromatic carbocycles. The highest BCUT2D eigenvalue weighted by Gasteiger charge is 2.13. The van der Waals surface area contributed by atoms with E-state index in [9.17, 15) is 14.4 Å². The predicted octanol–water partition coefficient (Wildman–Crippen LogP) is 2.33. The molecule has 0 aliphatic rings. The molecule has 2 aromatic rings. The second-order valence-corrected chi connectivity index (χ2v) is 5.14. The van der Waals surface area contributed by atoms with Gasteiger partial charge in [-0.3, -0.25) is 14.4 Å². The Labute approximate surface area is 126 Å². The second kappa shape index (κ2) is 7.31. The molecule has 4 nitrogen and oxygen atoms in total. The van der Waals surface area contributed by atoms with E-state index in [0.29, 0.717) is 4.88 Å². The fourth-order valence-corrected chi connectivity index (χ4v) is 2.21. The Balaban J connectivity index is 1.84. The van der Waals surface area contributed by atoms with Crippen molar-refractivity contribution in [3.63, 3.8) is 0 Å². The highest BCUT2D eigenvalue weighted by molar-refractivity contribution is 7.12. The highest BCUT2D eigenvalue weighted by atomic mass is 32.1. The Bertz CT molecular complexity index is 660. The molecule has 21 heavy (non-hydrogen) atoms. The summed E-state index contributed by atoms with van der Waals surface area (Å²) in [5, 5.41) is 4.20. The molecular weight excluding hydrogens is 286 g/mol. The van der Waals surface area contributed by atoms with Gasteiger partial charge in [-0.05, 0) is 23.1 Å². The largest absolute Gasteiger partial charge is 0.344 e. The van der Waals surface area contributed by atoms with Gasteiger partial charge in [-0.1, -0.05) is 42.5 Å². The van der Waals surface area contributed by atoms with Crippen molar-refractivity contribution in [2.24, 2.45) is 0 Å². The third kappa shape index (κ3) is 4.50. The Morgan fingerprint density at radius 3 is 2.48 bits per heavy atom. The van der Waals surface area contributed by atoms with E-state index in [0.717, 1.165) is 5.56 Å². The molecule has 5 heteroatoms. The lowest BCUT2D eigenvalue weighted by atomic mass is 10.1. The van der Waals surface area contributed by atoms with Crippen molar-refractivity contribution in [3.8, 4) is 0 Å². The summed E-state index contributed by atoms with van der Waals surface area (Å²) in [5.41, 5.74) is 0.835. The van der Waals surface area contributed by atoms with Crippen molar-refractivity contribution in [1.29, 1.82) is 0 Å². The van der Waals surface area contributed by atoms with Crippen LogP contribution in [0.5, 0.6) is 0 Å². The van der Waals surface area contributed by atoms with Crippen molar-refractivity contribution in [2.45, 2.75) is 0 Å². The third-order valence-electron chi connectivity index (χ3n) is 2.66. The van der Waals surface area contributed by atoms with Crippen LogP contribution in [0.2, 0.25) is 0 Å². The average Bonchev–Trinajstić information content (AvgIpc) is 3.05. The summed E-state index contributed by atoms with van der Waals surface area (Å²) in [4.78, 5) is 35.4. The maximum absolute atomic E-state index is 11.6. The monoisotopic (exact) mass is 299 g/mol. The van der Waals surface area contributed by atoms with Gasteiger partial charge in [-0.25, -0.2) is 0 Å². The van der Waals surface area contributed by atoms with Crippen LogP contribution in [0, 0.1) is 0 Å². The van der Waals surface area contributed by atoms with Gasteiger partial charge in [0.05, 0.1) is 11.4 Å². The number of ketones is 2. The number of carbonyl (C=O) groups is 3. The zero-order valence-corrected chi connectivity index (χ0v) is 11.9. The third-order valence-corrected chi connectivity index (χ3v) is 3.52.